The highest BCUT2D eigenvalue weighted by Gasteiger charge is 2.20. The summed E-state index contributed by atoms with van der Waals surface area (Å²) in [6.07, 6.45) is 57.3. The summed E-state index contributed by atoms with van der Waals surface area (Å²) in [6.45, 7) is 4.86. The van der Waals surface area contributed by atoms with Gasteiger partial charge in [0.2, 0.25) is 5.91 Å². The van der Waals surface area contributed by atoms with Crippen LogP contribution in [-0.2, 0) is 14.3 Å². The maximum absolute atomic E-state index is 12.4. The highest BCUT2D eigenvalue weighted by molar-refractivity contribution is 5.76. The van der Waals surface area contributed by atoms with E-state index < -0.39 is 12.1 Å². The number of hydrogen-bond donors (Lipinski definition) is 3. The third-order valence-corrected chi connectivity index (χ3v) is 12.0. The Morgan fingerprint density at radius 3 is 1.24 bits per heavy atom. The summed E-state index contributed by atoms with van der Waals surface area (Å²) < 4.78 is 5.45. The molecular weight excluding hydrogens is 731 g/mol. The minimum Gasteiger partial charge on any atom is -0.466 e. The van der Waals surface area contributed by atoms with Crippen molar-refractivity contribution in [2.75, 3.05) is 13.2 Å². The van der Waals surface area contributed by atoms with Crippen molar-refractivity contribution >= 4 is 11.9 Å². The summed E-state index contributed by atoms with van der Waals surface area (Å²) in [5.41, 5.74) is 0. The predicted octanol–water partition coefficient (Wildman–Crippen LogP) is 15.5. The summed E-state index contributed by atoms with van der Waals surface area (Å²) in [5.74, 6) is -0.131. The first-order chi connectivity index (χ1) is 29.0. The van der Waals surface area contributed by atoms with Crippen molar-refractivity contribution in [2.24, 2.45) is 0 Å². The summed E-state index contributed by atoms with van der Waals surface area (Å²) in [6, 6.07) is -0.578. The van der Waals surface area contributed by atoms with Crippen LogP contribution in [0.25, 0.3) is 0 Å². The van der Waals surface area contributed by atoms with Gasteiger partial charge in [-0.15, -0.1) is 0 Å². The third-order valence-electron chi connectivity index (χ3n) is 12.0. The SMILES string of the molecule is CCCCCCCC/C=C\CCCCCCCCCCCC(=O)OCCCCCC/C=C\CCCC(=O)NC(CO)C(O)CCCCCCCCCCCCCCCC. The van der Waals surface area contributed by atoms with Crippen LogP contribution in [-0.4, -0.2) is 47.4 Å². The van der Waals surface area contributed by atoms with Gasteiger partial charge in [-0.3, -0.25) is 9.59 Å². The first kappa shape index (κ1) is 57.3. The van der Waals surface area contributed by atoms with Gasteiger partial charge >= 0.3 is 5.97 Å². The summed E-state index contributed by atoms with van der Waals surface area (Å²) in [4.78, 5) is 24.5. The molecule has 0 aromatic carbocycles. The number of carbonyl (C=O) groups is 2. The number of esters is 1. The van der Waals surface area contributed by atoms with Gasteiger partial charge in [-0.1, -0.05) is 218 Å². The lowest BCUT2D eigenvalue weighted by Gasteiger charge is -2.22. The van der Waals surface area contributed by atoms with Gasteiger partial charge in [0, 0.05) is 12.8 Å². The first-order valence-electron chi connectivity index (χ1n) is 26.1. The van der Waals surface area contributed by atoms with Crippen molar-refractivity contribution in [3.05, 3.63) is 24.3 Å². The highest BCUT2D eigenvalue weighted by atomic mass is 16.5. The molecule has 0 aromatic heterocycles. The van der Waals surface area contributed by atoms with Gasteiger partial charge in [-0.05, 0) is 70.6 Å². The average Bonchev–Trinajstić information content (AvgIpc) is 3.24. The molecule has 0 saturated carbocycles. The molecule has 0 rings (SSSR count). The van der Waals surface area contributed by atoms with E-state index in [9.17, 15) is 19.8 Å². The zero-order valence-corrected chi connectivity index (χ0v) is 39.5. The molecule has 0 saturated heterocycles. The second-order valence-corrected chi connectivity index (χ2v) is 17.8. The molecular formula is C53H101NO5. The standard InChI is InChI=1S/C53H101NO5/c1-3-5-7-9-11-13-15-17-19-20-21-22-23-25-27-31-35-39-43-47-53(58)59-48-44-40-36-32-28-30-34-38-42-46-52(57)54-50(49-55)51(56)45-41-37-33-29-26-24-18-16-14-12-10-8-6-4-2/h17,19,30,34,50-51,55-56H,3-16,18,20-29,31-33,35-49H2,1-2H3,(H,54,57)/b19-17-,34-30-. The maximum atomic E-state index is 12.4. The van der Waals surface area contributed by atoms with Gasteiger partial charge in [-0.2, -0.15) is 0 Å². The molecule has 6 heteroatoms. The molecule has 0 aliphatic rings. The molecule has 0 aromatic rings. The number of amides is 1. The quantitative estimate of drug-likeness (QED) is 0.0322. The van der Waals surface area contributed by atoms with Gasteiger partial charge in [0.15, 0.2) is 0 Å². The van der Waals surface area contributed by atoms with Crippen LogP contribution in [0.15, 0.2) is 24.3 Å². The lowest BCUT2D eigenvalue weighted by Crippen LogP contribution is -2.45. The Kier molecular flexibility index (Phi) is 47.6. The Morgan fingerprint density at radius 2 is 0.814 bits per heavy atom. The number of aliphatic hydroxyl groups excluding tert-OH is 2. The summed E-state index contributed by atoms with van der Waals surface area (Å²) >= 11 is 0. The van der Waals surface area contributed by atoms with Crippen molar-refractivity contribution < 1.29 is 24.5 Å². The van der Waals surface area contributed by atoms with Crippen LogP contribution in [0.3, 0.4) is 0 Å². The van der Waals surface area contributed by atoms with E-state index >= 15 is 0 Å². The second-order valence-electron chi connectivity index (χ2n) is 17.8. The lowest BCUT2D eigenvalue weighted by atomic mass is 10.0. The van der Waals surface area contributed by atoms with Gasteiger partial charge in [0.1, 0.15) is 0 Å². The minimum atomic E-state index is -0.694. The molecule has 1 amide bonds. The largest absolute Gasteiger partial charge is 0.466 e. The van der Waals surface area contributed by atoms with Crippen LogP contribution in [0, 0.1) is 0 Å². The van der Waals surface area contributed by atoms with E-state index in [4.69, 9.17) is 4.74 Å². The van der Waals surface area contributed by atoms with Crippen molar-refractivity contribution in [3.8, 4) is 0 Å². The van der Waals surface area contributed by atoms with Crippen molar-refractivity contribution in [1.82, 2.24) is 5.32 Å². The highest BCUT2D eigenvalue weighted by Crippen LogP contribution is 2.16. The predicted molar refractivity (Wildman–Crippen MR) is 255 cm³/mol. The number of ether oxygens (including phenoxy) is 1. The first-order valence-corrected chi connectivity index (χ1v) is 26.1. The van der Waals surface area contributed by atoms with Crippen LogP contribution in [0.5, 0.6) is 0 Å². The third kappa shape index (κ3) is 45.7. The normalized spacial score (nSPS) is 12.8. The maximum Gasteiger partial charge on any atom is 0.305 e. The number of allylic oxidation sites excluding steroid dienone is 4. The Balaban J connectivity index is 3.51. The van der Waals surface area contributed by atoms with Crippen LogP contribution in [0.2, 0.25) is 0 Å². The van der Waals surface area contributed by atoms with Gasteiger partial charge in [-0.25, -0.2) is 0 Å². The van der Waals surface area contributed by atoms with Crippen LogP contribution >= 0.6 is 0 Å². The molecule has 0 aliphatic heterocycles. The Labute approximate surface area is 367 Å². The zero-order chi connectivity index (χ0) is 43.0. The molecule has 0 heterocycles. The minimum absolute atomic E-state index is 0.0362. The molecule has 2 unspecified atom stereocenters. The average molecular weight is 832 g/mol. The molecule has 3 N–H and O–H groups in total. The van der Waals surface area contributed by atoms with Crippen molar-refractivity contribution in [1.29, 1.82) is 0 Å². The Hall–Kier alpha value is -1.66. The smallest absolute Gasteiger partial charge is 0.305 e. The summed E-state index contributed by atoms with van der Waals surface area (Å²) in [5, 5.41) is 23.1. The topological polar surface area (TPSA) is 95.9 Å². The van der Waals surface area contributed by atoms with Crippen LogP contribution in [0.1, 0.15) is 277 Å². The number of carbonyl (C=O) groups excluding carboxylic acids is 2. The molecule has 0 radical (unpaired) electrons. The van der Waals surface area contributed by atoms with E-state index in [1.165, 1.54) is 173 Å². The van der Waals surface area contributed by atoms with E-state index in [-0.39, 0.29) is 18.5 Å². The molecule has 0 spiro atoms. The zero-order valence-electron chi connectivity index (χ0n) is 39.5. The van der Waals surface area contributed by atoms with Crippen molar-refractivity contribution in [2.45, 2.75) is 289 Å². The van der Waals surface area contributed by atoms with Crippen LogP contribution in [0.4, 0.5) is 0 Å². The van der Waals surface area contributed by atoms with E-state index in [1.807, 2.05) is 0 Å². The van der Waals surface area contributed by atoms with E-state index in [1.54, 1.807) is 0 Å². The number of unbranched alkanes of at least 4 members (excludes halogenated alkanes) is 33. The van der Waals surface area contributed by atoms with Gasteiger partial charge in [0.05, 0.1) is 25.4 Å². The molecule has 0 fully saturated rings. The van der Waals surface area contributed by atoms with E-state index in [0.717, 1.165) is 70.6 Å². The monoisotopic (exact) mass is 832 g/mol. The van der Waals surface area contributed by atoms with E-state index in [2.05, 4.69) is 43.5 Å². The van der Waals surface area contributed by atoms with Gasteiger partial charge < -0.3 is 20.3 Å². The fraction of sp³-hybridized carbons (Fsp3) is 0.887. The molecule has 2 atom stereocenters. The Morgan fingerprint density at radius 1 is 0.458 bits per heavy atom. The van der Waals surface area contributed by atoms with Crippen molar-refractivity contribution in [3.63, 3.8) is 0 Å². The fourth-order valence-corrected chi connectivity index (χ4v) is 7.93. The van der Waals surface area contributed by atoms with Crippen LogP contribution < -0.4 is 5.32 Å². The lowest BCUT2D eigenvalue weighted by molar-refractivity contribution is -0.143. The molecule has 0 bridgehead atoms. The van der Waals surface area contributed by atoms with E-state index in [0.29, 0.717) is 25.9 Å². The van der Waals surface area contributed by atoms with Gasteiger partial charge in [0.25, 0.3) is 0 Å². The number of aliphatic hydroxyl groups is 2. The molecule has 59 heavy (non-hydrogen) atoms. The molecule has 6 nitrogen and oxygen atoms in total. The number of nitrogens with one attached hydrogen (secondary N) is 1. The number of hydrogen-bond acceptors (Lipinski definition) is 5. The molecule has 348 valence electrons. The second kappa shape index (κ2) is 49.0. The number of rotatable bonds is 48. The molecule has 0 aliphatic carbocycles. The Bertz CT molecular complexity index is 920. The fourth-order valence-electron chi connectivity index (χ4n) is 7.93. The summed E-state index contributed by atoms with van der Waals surface area (Å²) in [7, 11) is 0.